The standard InChI is InChI=1S/C51H48N4O/c1-33-26-27-52-48(28-33)54-46-23-14-13-20-44(46)45-25-24-40(32-47(45)54)56-41-30-38(51(4,5)6)29-39(31-41)55-35(3)49(34(2)53-55)50-42(36-16-9-7-10-17-36)21-15-22-43(50)37-18-11-8-12-19-37/h7-14,16-21,23-32,43,50H,15,22H2,1-6H3/t43-,50?/m1/s1. The van der Waals surface area contributed by atoms with Crippen molar-refractivity contribution in [2.75, 3.05) is 0 Å². The Morgan fingerprint density at radius 2 is 1.43 bits per heavy atom. The summed E-state index contributed by atoms with van der Waals surface area (Å²) in [7, 11) is 0. The van der Waals surface area contributed by atoms with E-state index in [0.29, 0.717) is 5.92 Å². The maximum absolute atomic E-state index is 6.85. The fraction of sp³-hybridized carbons (Fsp3) is 0.216. The number of pyridine rings is 1. The van der Waals surface area contributed by atoms with Crippen LogP contribution >= 0.6 is 0 Å². The van der Waals surface area contributed by atoms with Crippen LogP contribution in [-0.4, -0.2) is 19.3 Å². The van der Waals surface area contributed by atoms with E-state index in [-0.39, 0.29) is 11.3 Å². The van der Waals surface area contributed by atoms with Crippen molar-refractivity contribution >= 4 is 27.4 Å². The summed E-state index contributed by atoms with van der Waals surface area (Å²) in [5.41, 5.74) is 13.0. The summed E-state index contributed by atoms with van der Waals surface area (Å²) in [4.78, 5) is 4.78. The van der Waals surface area contributed by atoms with Crippen LogP contribution in [0.5, 0.6) is 11.5 Å². The SMILES string of the molecule is Cc1ccnc(-n2c3ccccc3c3ccc(Oc4cc(-n5nc(C)c(C6C(c7ccccc7)=CCC[C@@H]6c6ccccc6)c5C)cc(C(C)(C)C)c4)cc32)c1. The molecule has 1 unspecified atom stereocenters. The van der Waals surface area contributed by atoms with Crippen molar-refractivity contribution in [3.05, 3.63) is 185 Å². The molecule has 0 saturated carbocycles. The summed E-state index contributed by atoms with van der Waals surface area (Å²) < 4.78 is 11.2. The Bertz CT molecular complexity index is 2750. The smallest absolute Gasteiger partial charge is 0.137 e. The van der Waals surface area contributed by atoms with Gasteiger partial charge in [0.05, 0.1) is 22.4 Å². The lowest BCUT2D eigenvalue weighted by Gasteiger charge is -2.34. The monoisotopic (exact) mass is 732 g/mol. The molecule has 5 nitrogen and oxygen atoms in total. The number of fused-ring (bicyclic) bond motifs is 3. The van der Waals surface area contributed by atoms with Crippen LogP contribution in [0.3, 0.4) is 0 Å². The lowest BCUT2D eigenvalue weighted by atomic mass is 9.69. The number of aryl methyl sites for hydroxylation is 2. The highest BCUT2D eigenvalue weighted by Gasteiger charge is 2.35. The fourth-order valence-corrected chi connectivity index (χ4v) is 8.87. The van der Waals surface area contributed by atoms with Crippen molar-refractivity contribution in [3.63, 3.8) is 0 Å². The van der Waals surface area contributed by atoms with Crippen molar-refractivity contribution in [2.24, 2.45) is 0 Å². The minimum absolute atomic E-state index is 0.120. The molecule has 3 aromatic heterocycles. The van der Waals surface area contributed by atoms with E-state index < -0.39 is 0 Å². The Labute approximate surface area is 329 Å². The van der Waals surface area contributed by atoms with Gasteiger partial charge in [0, 0.05) is 46.3 Å². The van der Waals surface area contributed by atoms with E-state index in [1.54, 1.807) is 0 Å². The topological polar surface area (TPSA) is 44.9 Å². The van der Waals surface area contributed by atoms with Crippen molar-refractivity contribution in [3.8, 4) is 23.0 Å². The number of hydrogen-bond donors (Lipinski definition) is 0. The van der Waals surface area contributed by atoms with E-state index >= 15 is 0 Å². The molecule has 1 aliphatic carbocycles. The number of benzene rings is 5. The largest absolute Gasteiger partial charge is 0.457 e. The highest BCUT2D eigenvalue weighted by atomic mass is 16.5. The van der Waals surface area contributed by atoms with Crippen molar-refractivity contribution < 1.29 is 4.74 Å². The number of rotatable bonds is 7. The van der Waals surface area contributed by atoms with Gasteiger partial charge in [-0.3, -0.25) is 4.57 Å². The van der Waals surface area contributed by atoms with E-state index in [2.05, 4.69) is 184 Å². The zero-order chi connectivity index (χ0) is 38.6. The zero-order valence-corrected chi connectivity index (χ0v) is 33.1. The molecular weight excluding hydrogens is 685 g/mol. The molecule has 0 amide bonds. The van der Waals surface area contributed by atoms with Crippen LogP contribution in [0.4, 0.5) is 0 Å². The van der Waals surface area contributed by atoms with Gasteiger partial charge in [0.2, 0.25) is 0 Å². The van der Waals surface area contributed by atoms with Crippen molar-refractivity contribution in [1.29, 1.82) is 0 Å². The maximum atomic E-state index is 6.85. The van der Waals surface area contributed by atoms with E-state index in [1.807, 2.05) is 12.3 Å². The molecule has 0 bridgehead atoms. The van der Waals surface area contributed by atoms with Gasteiger partial charge in [-0.1, -0.05) is 106 Å². The molecule has 0 aliphatic heterocycles. The first-order valence-corrected chi connectivity index (χ1v) is 19.8. The highest BCUT2D eigenvalue weighted by molar-refractivity contribution is 6.09. The van der Waals surface area contributed by atoms with Gasteiger partial charge < -0.3 is 4.74 Å². The van der Waals surface area contributed by atoms with Gasteiger partial charge >= 0.3 is 0 Å². The third kappa shape index (κ3) is 6.41. The zero-order valence-electron chi connectivity index (χ0n) is 33.1. The van der Waals surface area contributed by atoms with Gasteiger partial charge in [-0.25, -0.2) is 9.67 Å². The van der Waals surface area contributed by atoms with Gasteiger partial charge in [0.1, 0.15) is 17.3 Å². The summed E-state index contributed by atoms with van der Waals surface area (Å²) >= 11 is 0. The Hall–Kier alpha value is -6.20. The van der Waals surface area contributed by atoms with Crippen LogP contribution in [0.1, 0.15) is 84.7 Å². The lowest BCUT2D eigenvalue weighted by Crippen LogP contribution is -2.18. The number of allylic oxidation sites excluding steroid dienone is 2. The quantitative estimate of drug-likeness (QED) is 0.164. The Kier molecular flexibility index (Phi) is 8.96. The predicted molar refractivity (Wildman–Crippen MR) is 231 cm³/mol. The number of para-hydroxylation sites is 1. The molecule has 5 heteroatoms. The lowest BCUT2D eigenvalue weighted by molar-refractivity contribution is 0.478. The highest BCUT2D eigenvalue weighted by Crippen LogP contribution is 2.50. The molecule has 1 aliphatic rings. The number of nitrogens with zero attached hydrogens (tertiary/aromatic N) is 4. The molecule has 3 heterocycles. The average molecular weight is 733 g/mol. The number of hydrogen-bond acceptors (Lipinski definition) is 3. The van der Waals surface area contributed by atoms with E-state index in [1.165, 1.54) is 38.8 Å². The summed E-state index contributed by atoms with van der Waals surface area (Å²) in [6, 6.07) is 47.7. The minimum atomic E-state index is -0.120. The van der Waals surface area contributed by atoms with Crippen molar-refractivity contribution in [1.82, 2.24) is 19.3 Å². The molecule has 0 spiro atoms. The van der Waals surface area contributed by atoms with Crippen LogP contribution in [-0.2, 0) is 5.41 Å². The van der Waals surface area contributed by atoms with Gasteiger partial charge in [-0.2, -0.15) is 5.10 Å². The molecule has 2 atom stereocenters. The average Bonchev–Trinajstić information content (AvgIpc) is 3.70. The molecule has 5 aromatic carbocycles. The maximum Gasteiger partial charge on any atom is 0.137 e. The van der Waals surface area contributed by atoms with Crippen LogP contribution < -0.4 is 4.74 Å². The molecular formula is C51H48N4O. The molecule has 0 radical (unpaired) electrons. The third-order valence-electron chi connectivity index (χ3n) is 11.6. The summed E-state index contributed by atoms with van der Waals surface area (Å²) in [6.07, 6.45) is 6.49. The predicted octanol–water partition coefficient (Wildman–Crippen LogP) is 13.1. The summed E-state index contributed by atoms with van der Waals surface area (Å²) in [5, 5.41) is 7.67. The second kappa shape index (κ2) is 14.1. The summed E-state index contributed by atoms with van der Waals surface area (Å²) in [5.74, 6) is 2.95. The molecule has 0 N–H and O–H groups in total. The van der Waals surface area contributed by atoms with Crippen LogP contribution in [0.2, 0.25) is 0 Å². The van der Waals surface area contributed by atoms with Gasteiger partial charge in [0.25, 0.3) is 0 Å². The summed E-state index contributed by atoms with van der Waals surface area (Å²) in [6.45, 7) is 13.3. The van der Waals surface area contributed by atoms with E-state index in [0.717, 1.165) is 63.7 Å². The normalized spacial score (nSPS) is 16.0. The Morgan fingerprint density at radius 1 is 0.696 bits per heavy atom. The molecule has 8 aromatic rings. The Balaban J connectivity index is 1.16. The van der Waals surface area contributed by atoms with Gasteiger partial charge in [-0.05, 0) is 115 Å². The first kappa shape index (κ1) is 35.5. The first-order valence-electron chi connectivity index (χ1n) is 19.8. The van der Waals surface area contributed by atoms with E-state index in [4.69, 9.17) is 14.8 Å². The third-order valence-corrected chi connectivity index (χ3v) is 11.6. The van der Waals surface area contributed by atoms with Crippen molar-refractivity contribution in [2.45, 2.75) is 71.6 Å². The molecule has 0 fully saturated rings. The van der Waals surface area contributed by atoms with Crippen LogP contribution in [0, 0.1) is 20.8 Å². The first-order chi connectivity index (χ1) is 27.1. The molecule has 56 heavy (non-hydrogen) atoms. The van der Waals surface area contributed by atoms with Gasteiger partial charge in [0.15, 0.2) is 0 Å². The van der Waals surface area contributed by atoms with Crippen LogP contribution in [0.25, 0.3) is 38.9 Å². The molecule has 9 rings (SSSR count). The minimum Gasteiger partial charge on any atom is -0.457 e. The second-order valence-corrected chi connectivity index (χ2v) is 16.4. The fourth-order valence-electron chi connectivity index (χ4n) is 8.87. The van der Waals surface area contributed by atoms with Gasteiger partial charge in [-0.15, -0.1) is 0 Å². The number of ether oxygens (including phenoxy) is 1. The van der Waals surface area contributed by atoms with Crippen LogP contribution in [0.15, 0.2) is 146 Å². The van der Waals surface area contributed by atoms with E-state index in [9.17, 15) is 0 Å². The molecule has 0 saturated heterocycles. The second-order valence-electron chi connectivity index (χ2n) is 16.4. The molecule has 278 valence electrons. The number of aromatic nitrogens is 4. The Morgan fingerprint density at radius 3 is 2.20 bits per heavy atom.